The fourth-order valence-corrected chi connectivity index (χ4v) is 3.96. The third-order valence-corrected chi connectivity index (χ3v) is 5.95. The van der Waals surface area contributed by atoms with Crippen molar-refractivity contribution in [3.63, 3.8) is 0 Å². The maximum Gasteiger partial charge on any atom is 0.167 e. The van der Waals surface area contributed by atoms with Crippen molar-refractivity contribution in [3.05, 3.63) is 66.3 Å². The van der Waals surface area contributed by atoms with Gasteiger partial charge in [0.1, 0.15) is 17.6 Å². The number of benzene rings is 1. The highest BCUT2D eigenvalue weighted by Crippen LogP contribution is 2.28. The first-order valence-electron chi connectivity index (χ1n) is 11.3. The molecule has 2 atom stereocenters. The molecule has 5 heteroatoms. The lowest BCUT2D eigenvalue weighted by atomic mass is 9.94. The van der Waals surface area contributed by atoms with E-state index < -0.39 is 0 Å². The van der Waals surface area contributed by atoms with Gasteiger partial charge in [-0.1, -0.05) is 38.5 Å². The van der Waals surface area contributed by atoms with E-state index in [0.29, 0.717) is 37.2 Å². The fraction of sp³-hybridized carbons (Fsp3) is 0.462. The molecule has 166 valence electrons. The molecule has 2 heterocycles. The molecule has 4 nitrogen and oxygen atoms in total. The van der Waals surface area contributed by atoms with Crippen LogP contribution < -0.4 is 9.64 Å². The number of rotatable bonds is 11. The van der Waals surface area contributed by atoms with Gasteiger partial charge in [-0.05, 0) is 43.0 Å². The van der Waals surface area contributed by atoms with Crippen LogP contribution in [0.5, 0.6) is 5.75 Å². The Labute approximate surface area is 185 Å². The summed E-state index contributed by atoms with van der Waals surface area (Å²) in [7, 11) is 0. The number of aromatic nitrogens is 1. The summed E-state index contributed by atoms with van der Waals surface area (Å²) in [5.41, 5.74) is 2.17. The average Bonchev–Trinajstić information content (AvgIpc) is 3.25. The van der Waals surface area contributed by atoms with E-state index >= 15 is 0 Å². The van der Waals surface area contributed by atoms with Gasteiger partial charge in [-0.15, -0.1) is 6.58 Å². The van der Waals surface area contributed by atoms with Gasteiger partial charge in [-0.2, -0.15) is 0 Å². The Balaban J connectivity index is 1.58. The molecule has 2 unspecified atom stereocenters. The van der Waals surface area contributed by atoms with Gasteiger partial charge in [0, 0.05) is 31.5 Å². The van der Waals surface area contributed by atoms with Crippen LogP contribution in [0.15, 0.2) is 49.2 Å². The molecule has 1 aromatic heterocycles. The maximum atomic E-state index is 14.9. The Morgan fingerprint density at radius 1 is 1.35 bits per heavy atom. The minimum Gasteiger partial charge on any atom is -0.489 e. The molecule has 0 radical (unpaired) electrons. The number of hydrogen-bond acceptors (Lipinski definition) is 4. The second-order valence-electron chi connectivity index (χ2n) is 8.25. The van der Waals surface area contributed by atoms with Gasteiger partial charge in [0.05, 0.1) is 17.9 Å². The highest BCUT2D eigenvalue weighted by Gasteiger charge is 2.27. The molecular formula is C26H33FN2O2. The molecule has 3 rings (SSSR count). The number of ketones is 1. The Kier molecular flexibility index (Phi) is 8.21. The van der Waals surface area contributed by atoms with Gasteiger partial charge in [-0.25, -0.2) is 4.39 Å². The molecule has 0 spiro atoms. The summed E-state index contributed by atoms with van der Waals surface area (Å²) in [6.45, 7) is 9.11. The Bertz CT molecular complexity index is 881. The Morgan fingerprint density at radius 3 is 2.84 bits per heavy atom. The smallest absolute Gasteiger partial charge is 0.167 e. The van der Waals surface area contributed by atoms with Crippen LogP contribution >= 0.6 is 0 Å². The van der Waals surface area contributed by atoms with Crippen molar-refractivity contribution in [2.75, 3.05) is 18.0 Å². The number of hydrogen-bond donors (Lipinski definition) is 0. The number of ether oxygens (including phenoxy) is 1. The molecular weight excluding hydrogens is 391 g/mol. The largest absolute Gasteiger partial charge is 0.489 e. The third kappa shape index (κ3) is 5.93. The highest BCUT2D eigenvalue weighted by molar-refractivity contribution is 5.85. The molecule has 2 aromatic rings. The third-order valence-electron chi connectivity index (χ3n) is 5.95. The number of Topliss-reactive ketones (excluding diaryl/α,β-unsaturated/α-hetero) is 1. The van der Waals surface area contributed by atoms with Crippen molar-refractivity contribution in [1.29, 1.82) is 0 Å². The van der Waals surface area contributed by atoms with Crippen LogP contribution in [-0.4, -0.2) is 30.0 Å². The van der Waals surface area contributed by atoms with Crippen LogP contribution in [0.4, 0.5) is 10.1 Å². The minimum atomic E-state index is -0.198. The van der Waals surface area contributed by atoms with E-state index in [1.807, 2.05) is 36.1 Å². The molecule has 0 bridgehead atoms. The van der Waals surface area contributed by atoms with Crippen molar-refractivity contribution in [3.8, 4) is 5.75 Å². The number of carbonyl (C=O) groups is 1. The molecule has 1 saturated heterocycles. The molecule has 1 aromatic carbocycles. The first-order valence-corrected chi connectivity index (χ1v) is 11.3. The van der Waals surface area contributed by atoms with Crippen molar-refractivity contribution in [1.82, 2.24) is 4.98 Å². The van der Waals surface area contributed by atoms with Gasteiger partial charge >= 0.3 is 0 Å². The van der Waals surface area contributed by atoms with Crippen molar-refractivity contribution < 1.29 is 13.9 Å². The monoisotopic (exact) mass is 424 g/mol. The molecule has 1 fully saturated rings. The summed E-state index contributed by atoms with van der Waals surface area (Å²) in [5, 5.41) is 0. The van der Waals surface area contributed by atoms with E-state index in [1.165, 1.54) is 0 Å². The van der Waals surface area contributed by atoms with Gasteiger partial charge in [0.25, 0.3) is 0 Å². The van der Waals surface area contributed by atoms with E-state index in [4.69, 9.17) is 4.74 Å². The molecule has 0 aliphatic carbocycles. The van der Waals surface area contributed by atoms with Gasteiger partial charge in [0.15, 0.2) is 5.82 Å². The zero-order valence-corrected chi connectivity index (χ0v) is 18.6. The normalized spacial score (nSPS) is 16.9. The van der Waals surface area contributed by atoms with Crippen molar-refractivity contribution in [2.24, 2.45) is 0 Å². The lowest BCUT2D eigenvalue weighted by Crippen LogP contribution is -2.25. The van der Waals surface area contributed by atoms with Crippen LogP contribution in [0.2, 0.25) is 0 Å². The predicted octanol–water partition coefficient (Wildman–Crippen LogP) is 5.86. The molecule has 0 saturated carbocycles. The predicted molar refractivity (Wildman–Crippen MR) is 123 cm³/mol. The number of allylic oxidation sites excluding steroid dienone is 1. The van der Waals surface area contributed by atoms with Crippen LogP contribution in [0.3, 0.4) is 0 Å². The summed E-state index contributed by atoms with van der Waals surface area (Å²) in [6, 6.07) is 9.52. The van der Waals surface area contributed by atoms with E-state index in [9.17, 15) is 9.18 Å². The zero-order chi connectivity index (χ0) is 22.2. The van der Waals surface area contributed by atoms with E-state index in [0.717, 1.165) is 37.1 Å². The summed E-state index contributed by atoms with van der Waals surface area (Å²) in [5.74, 6) is 0.668. The van der Waals surface area contributed by atoms with Gasteiger partial charge in [0.2, 0.25) is 0 Å². The van der Waals surface area contributed by atoms with E-state index in [-0.39, 0.29) is 23.6 Å². The van der Waals surface area contributed by atoms with Crippen molar-refractivity contribution in [2.45, 2.75) is 64.4 Å². The summed E-state index contributed by atoms with van der Waals surface area (Å²) in [4.78, 5) is 18.5. The average molecular weight is 425 g/mol. The van der Waals surface area contributed by atoms with Crippen LogP contribution in [0, 0.1) is 5.82 Å². The quantitative estimate of drug-likeness (QED) is 0.424. The van der Waals surface area contributed by atoms with Crippen LogP contribution in [-0.2, 0) is 11.2 Å². The maximum absolute atomic E-state index is 14.9. The number of anilines is 1. The standard InChI is InChI=1S/C26H33FN2O2/c1-4-6-8-23-26(27)24(14-16-28-23)29-17-15-22(18-29)31-21-12-10-20(11-13-21)19(3)25(30)9-7-5-2/h5,10-14,16,19,22H,2,4,6-9,15,17-18H2,1,3H3. The lowest BCUT2D eigenvalue weighted by molar-refractivity contribution is -0.120. The molecule has 1 aliphatic heterocycles. The minimum absolute atomic E-state index is 0.00385. The van der Waals surface area contributed by atoms with Gasteiger partial charge in [-0.3, -0.25) is 9.78 Å². The highest BCUT2D eigenvalue weighted by atomic mass is 19.1. The Morgan fingerprint density at radius 2 is 2.13 bits per heavy atom. The first kappa shape index (κ1) is 23.0. The summed E-state index contributed by atoms with van der Waals surface area (Å²) < 4.78 is 21.0. The first-order chi connectivity index (χ1) is 15.0. The lowest BCUT2D eigenvalue weighted by Gasteiger charge is -2.20. The molecule has 0 N–H and O–H groups in total. The Hall–Kier alpha value is -2.69. The number of aryl methyl sites for hydroxylation is 1. The number of nitrogens with zero attached hydrogens (tertiary/aromatic N) is 2. The zero-order valence-electron chi connectivity index (χ0n) is 18.6. The molecule has 1 aliphatic rings. The number of unbranched alkanes of at least 4 members (excludes halogenated alkanes) is 1. The molecule has 0 amide bonds. The van der Waals surface area contributed by atoms with E-state index in [2.05, 4.69) is 18.5 Å². The fourth-order valence-electron chi connectivity index (χ4n) is 3.96. The summed E-state index contributed by atoms with van der Waals surface area (Å²) in [6.07, 6.45) is 8.18. The molecule has 31 heavy (non-hydrogen) atoms. The number of carbonyl (C=O) groups excluding carboxylic acids is 1. The van der Waals surface area contributed by atoms with Crippen LogP contribution in [0.25, 0.3) is 0 Å². The van der Waals surface area contributed by atoms with Gasteiger partial charge < -0.3 is 9.64 Å². The second kappa shape index (κ2) is 11.1. The number of halogens is 1. The SMILES string of the molecule is C=CCCC(=O)C(C)c1ccc(OC2CCN(c3ccnc(CCCC)c3F)C2)cc1. The summed E-state index contributed by atoms with van der Waals surface area (Å²) >= 11 is 0. The topological polar surface area (TPSA) is 42.4 Å². The van der Waals surface area contributed by atoms with Crippen molar-refractivity contribution >= 4 is 11.5 Å². The van der Waals surface area contributed by atoms with Crippen LogP contribution in [0.1, 0.15) is 63.1 Å². The second-order valence-corrected chi connectivity index (χ2v) is 8.25. The van der Waals surface area contributed by atoms with E-state index in [1.54, 1.807) is 18.3 Å². The number of pyridine rings is 1.